The fourth-order valence-electron chi connectivity index (χ4n) is 2.25. The first-order valence-corrected chi connectivity index (χ1v) is 6.60. The molecular weight excluding hydrogens is 210 g/mol. The molecular formula is C12H22ClNO. The second kappa shape index (κ2) is 7.10. The number of alkyl halides is 1. The van der Waals surface area contributed by atoms with Crippen LogP contribution in [-0.2, 0) is 4.79 Å². The molecule has 0 saturated heterocycles. The standard InChI is InChI=1S/C12H22ClNO/c1-14(10-9-13)12(15)11-7-5-3-2-4-6-8-11/h11H,2-10H2,1H3. The Balaban J connectivity index is 2.40. The summed E-state index contributed by atoms with van der Waals surface area (Å²) >= 11 is 5.64. The molecule has 0 atom stereocenters. The van der Waals surface area contributed by atoms with Gasteiger partial charge in [0.1, 0.15) is 0 Å². The molecule has 0 aromatic heterocycles. The molecule has 0 heterocycles. The van der Waals surface area contributed by atoms with Crippen LogP contribution in [0.3, 0.4) is 0 Å². The minimum Gasteiger partial charge on any atom is -0.344 e. The smallest absolute Gasteiger partial charge is 0.225 e. The second-order valence-corrected chi connectivity index (χ2v) is 4.87. The third-order valence-corrected chi connectivity index (χ3v) is 3.42. The zero-order chi connectivity index (χ0) is 11.1. The minimum atomic E-state index is 0.263. The van der Waals surface area contributed by atoms with Crippen LogP contribution in [0.25, 0.3) is 0 Å². The van der Waals surface area contributed by atoms with Crippen LogP contribution in [-0.4, -0.2) is 30.3 Å². The number of carbonyl (C=O) groups is 1. The Hall–Kier alpha value is -0.240. The minimum absolute atomic E-state index is 0.263. The number of amides is 1. The van der Waals surface area contributed by atoms with E-state index in [1.54, 1.807) is 4.90 Å². The lowest BCUT2D eigenvalue weighted by Gasteiger charge is -2.24. The first-order chi connectivity index (χ1) is 7.25. The summed E-state index contributed by atoms with van der Waals surface area (Å²) in [5, 5.41) is 0. The molecule has 0 aliphatic heterocycles. The molecule has 0 bridgehead atoms. The molecule has 1 saturated carbocycles. The summed E-state index contributed by atoms with van der Waals surface area (Å²) in [4.78, 5) is 13.8. The lowest BCUT2D eigenvalue weighted by molar-refractivity contribution is -0.134. The Labute approximate surface area is 98.0 Å². The van der Waals surface area contributed by atoms with Crippen molar-refractivity contribution >= 4 is 17.5 Å². The third kappa shape index (κ3) is 4.42. The van der Waals surface area contributed by atoms with Gasteiger partial charge < -0.3 is 4.90 Å². The van der Waals surface area contributed by atoms with Crippen LogP contribution in [0, 0.1) is 5.92 Å². The van der Waals surface area contributed by atoms with Crippen LogP contribution >= 0.6 is 11.6 Å². The summed E-state index contributed by atoms with van der Waals surface area (Å²) in [6.07, 6.45) is 8.51. The van der Waals surface area contributed by atoms with E-state index >= 15 is 0 Å². The van der Waals surface area contributed by atoms with E-state index < -0.39 is 0 Å². The monoisotopic (exact) mass is 231 g/mol. The van der Waals surface area contributed by atoms with E-state index in [-0.39, 0.29) is 5.92 Å². The van der Waals surface area contributed by atoms with Crippen LogP contribution < -0.4 is 0 Å². The molecule has 0 unspecified atom stereocenters. The van der Waals surface area contributed by atoms with Gasteiger partial charge in [0, 0.05) is 25.4 Å². The average molecular weight is 232 g/mol. The number of carbonyl (C=O) groups excluding carboxylic acids is 1. The van der Waals surface area contributed by atoms with E-state index in [0.717, 1.165) is 12.8 Å². The highest BCUT2D eigenvalue weighted by Crippen LogP contribution is 2.23. The Morgan fingerprint density at radius 1 is 1.20 bits per heavy atom. The van der Waals surface area contributed by atoms with E-state index in [1.165, 1.54) is 32.1 Å². The predicted octanol–water partition coefficient (Wildman–Crippen LogP) is 3.04. The molecule has 1 fully saturated rings. The lowest BCUT2D eigenvalue weighted by atomic mass is 9.90. The van der Waals surface area contributed by atoms with Crippen LogP contribution in [0.15, 0.2) is 0 Å². The van der Waals surface area contributed by atoms with Gasteiger partial charge in [-0.1, -0.05) is 32.1 Å². The first kappa shape index (κ1) is 12.8. The molecule has 0 aromatic carbocycles. The molecule has 1 aliphatic rings. The highest BCUT2D eigenvalue weighted by Gasteiger charge is 2.21. The Morgan fingerprint density at radius 3 is 2.27 bits per heavy atom. The number of nitrogens with zero attached hydrogens (tertiary/aromatic N) is 1. The average Bonchev–Trinajstić information content (AvgIpc) is 2.16. The quantitative estimate of drug-likeness (QED) is 0.684. The fourth-order valence-corrected chi connectivity index (χ4v) is 2.51. The number of rotatable bonds is 3. The molecule has 2 nitrogen and oxygen atoms in total. The van der Waals surface area contributed by atoms with Crippen molar-refractivity contribution in [2.45, 2.75) is 44.9 Å². The van der Waals surface area contributed by atoms with Crippen molar-refractivity contribution in [3.05, 3.63) is 0 Å². The lowest BCUT2D eigenvalue weighted by Crippen LogP contribution is -2.34. The maximum absolute atomic E-state index is 12.0. The van der Waals surface area contributed by atoms with Gasteiger partial charge in [-0.25, -0.2) is 0 Å². The summed E-state index contributed by atoms with van der Waals surface area (Å²) in [7, 11) is 1.86. The maximum atomic E-state index is 12.0. The molecule has 0 radical (unpaired) electrons. The van der Waals surface area contributed by atoms with Crippen molar-refractivity contribution in [2.75, 3.05) is 19.5 Å². The van der Waals surface area contributed by atoms with Crippen molar-refractivity contribution in [3.63, 3.8) is 0 Å². The molecule has 1 amide bonds. The maximum Gasteiger partial charge on any atom is 0.225 e. The van der Waals surface area contributed by atoms with Gasteiger partial charge >= 0.3 is 0 Å². The predicted molar refractivity (Wildman–Crippen MR) is 64.2 cm³/mol. The summed E-state index contributed by atoms with van der Waals surface area (Å²) < 4.78 is 0. The van der Waals surface area contributed by atoms with Gasteiger partial charge in [0.15, 0.2) is 0 Å². The SMILES string of the molecule is CN(CCCl)C(=O)C1CCCCCCC1. The van der Waals surface area contributed by atoms with Gasteiger partial charge in [-0.3, -0.25) is 4.79 Å². The molecule has 1 aliphatic carbocycles. The van der Waals surface area contributed by atoms with Crippen LogP contribution in [0.2, 0.25) is 0 Å². The topological polar surface area (TPSA) is 20.3 Å². The summed E-state index contributed by atoms with van der Waals surface area (Å²) in [6.45, 7) is 0.677. The molecule has 0 spiro atoms. The van der Waals surface area contributed by atoms with Crippen molar-refractivity contribution < 1.29 is 4.79 Å². The zero-order valence-corrected chi connectivity index (χ0v) is 10.4. The van der Waals surface area contributed by atoms with Crippen LogP contribution in [0.5, 0.6) is 0 Å². The highest BCUT2D eigenvalue weighted by atomic mass is 35.5. The van der Waals surface area contributed by atoms with Crippen LogP contribution in [0.1, 0.15) is 44.9 Å². The van der Waals surface area contributed by atoms with Gasteiger partial charge in [-0.15, -0.1) is 11.6 Å². The highest BCUT2D eigenvalue weighted by molar-refractivity contribution is 6.18. The van der Waals surface area contributed by atoms with Gasteiger partial charge in [0.05, 0.1) is 0 Å². The van der Waals surface area contributed by atoms with E-state index in [0.29, 0.717) is 18.3 Å². The van der Waals surface area contributed by atoms with E-state index in [4.69, 9.17) is 11.6 Å². The van der Waals surface area contributed by atoms with E-state index in [1.807, 2.05) is 7.05 Å². The summed E-state index contributed by atoms with van der Waals surface area (Å²) in [6, 6.07) is 0. The number of hydrogen-bond acceptors (Lipinski definition) is 1. The normalized spacial score (nSPS) is 19.3. The van der Waals surface area contributed by atoms with E-state index in [2.05, 4.69) is 0 Å². The molecule has 0 aromatic rings. The third-order valence-electron chi connectivity index (χ3n) is 3.25. The zero-order valence-electron chi connectivity index (χ0n) is 9.67. The molecule has 1 rings (SSSR count). The van der Waals surface area contributed by atoms with Crippen molar-refractivity contribution in [1.82, 2.24) is 4.90 Å². The second-order valence-electron chi connectivity index (χ2n) is 4.49. The Kier molecular flexibility index (Phi) is 6.07. The van der Waals surface area contributed by atoms with Gasteiger partial charge in [-0.2, -0.15) is 0 Å². The molecule has 88 valence electrons. The van der Waals surface area contributed by atoms with Crippen LogP contribution in [0.4, 0.5) is 0 Å². The van der Waals surface area contributed by atoms with E-state index in [9.17, 15) is 4.79 Å². The summed E-state index contributed by atoms with van der Waals surface area (Å²) in [5.74, 6) is 1.10. The van der Waals surface area contributed by atoms with Gasteiger partial charge in [0.25, 0.3) is 0 Å². The number of hydrogen-bond donors (Lipinski definition) is 0. The molecule has 3 heteroatoms. The van der Waals surface area contributed by atoms with Crippen molar-refractivity contribution in [1.29, 1.82) is 0 Å². The van der Waals surface area contributed by atoms with Gasteiger partial charge in [-0.05, 0) is 12.8 Å². The molecule has 0 N–H and O–H groups in total. The largest absolute Gasteiger partial charge is 0.344 e. The van der Waals surface area contributed by atoms with Crippen molar-refractivity contribution in [3.8, 4) is 0 Å². The number of halogens is 1. The fraction of sp³-hybridized carbons (Fsp3) is 0.917. The Morgan fingerprint density at radius 2 is 1.73 bits per heavy atom. The summed E-state index contributed by atoms with van der Waals surface area (Å²) in [5.41, 5.74) is 0. The molecule has 15 heavy (non-hydrogen) atoms. The van der Waals surface area contributed by atoms with Crippen molar-refractivity contribution in [2.24, 2.45) is 5.92 Å². The Bertz CT molecular complexity index is 188. The van der Waals surface area contributed by atoms with Gasteiger partial charge in [0.2, 0.25) is 5.91 Å². The first-order valence-electron chi connectivity index (χ1n) is 6.06.